The Labute approximate surface area is 161 Å². The normalized spacial score (nSPS) is 15.7. The number of H-pyrrole nitrogens is 1. The molecule has 28 heavy (non-hydrogen) atoms. The molecule has 6 nitrogen and oxygen atoms in total. The molecule has 0 bridgehead atoms. The van der Waals surface area contributed by atoms with Gasteiger partial charge in [-0.25, -0.2) is 4.39 Å². The first kappa shape index (κ1) is 18.0. The van der Waals surface area contributed by atoms with Gasteiger partial charge in [-0.1, -0.05) is 30.3 Å². The highest BCUT2D eigenvalue weighted by Crippen LogP contribution is 2.44. The van der Waals surface area contributed by atoms with Crippen LogP contribution in [0.2, 0.25) is 0 Å². The van der Waals surface area contributed by atoms with Crippen molar-refractivity contribution < 1.29 is 18.7 Å². The van der Waals surface area contributed by atoms with Crippen LogP contribution in [0.3, 0.4) is 0 Å². The second-order valence-corrected chi connectivity index (χ2v) is 6.67. The lowest BCUT2D eigenvalue weighted by Gasteiger charge is -2.25. The summed E-state index contributed by atoms with van der Waals surface area (Å²) in [6.07, 6.45) is 0.261. The fourth-order valence-electron chi connectivity index (χ4n) is 3.58. The molecule has 1 aliphatic heterocycles. The van der Waals surface area contributed by atoms with E-state index >= 15 is 0 Å². The van der Waals surface area contributed by atoms with Crippen molar-refractivity contribution in [2.75, 3.05) is 12.4 Å². The van der Waals surface area contributed by atoms with Crippen molar-refractivity contribution in [1.29, 1.82) is 0 Å². The van der Waals surface area contributed by atoms with E-state index in [1.165, 1.54) is 6.07 Å². The Morgan fingerprint density at radius 3 is 2.82 bits per heavy atom. The lowest BCUT2D eigenvalue weighted by Crippen LogP contribution is -2.24. The second kappa shape index (κ2) is 7.34. The molecule has 1 aliphatic rings. The number of para-hydroxylation sites is 1. The number of nitrogens with zero attached hydrogens (tertiary/aromatic N) is 1. The maximum absolute atomic E-state index is 14.0. The number of amides is 1. The second-order valence-electron chi connectivity index (χ2n) is 6.67. The first-order chi connectivity index (χ1) is 13.6. The molecule has 144 valence electrons. The number of fused-ring (bicyclic) bond motifs is 1. The summed E-state index contributed by atoms with van der Waals surface area (Å²) in [5.74, 6) is 0.868. The number of hydrogen-bond acceptors (Lipinski definition) is 4. The van der Waals surface area contributed by atoms with Gasteiger partial charge in [0.05, 0.1) is 7.11 Å². The van der Waals surface area contributed by atoms with Crippen LogP contribution < -0.4 is 14.8 Å². The summed E-state index contributed by atoms with van der Waals surface area (Å²) in [5, 5.41) is 9.90. The summed E-state index contributed by atoms with van der Waals surface area (Å²) in [4.78, 5) is 12.2. The van der Waals surface area contributed by atoms with Crippen molar-refractivity contribution >= 4 is 11.7 Å². The van der Waals surface area contributed by atoms with Crippen molar-refractivity contribution in [2.24, 2.45) is 0 Å². The monoisotopic (exact) mass is 381 g/mol. The number of aryl methyl sites for hydroxylation is 1. The molecule has 1 amide bonds. The molecule has 2 aromatic carbocycles. The number of rotatable bonds is 5. The van der Waals surface area contributed by atoms with Gasteiger partial charge in [-0.3, -0.25) is 9.89 Å². The summed E-state index contributed by atoms with van der Waals surface area (Å²) in [7, 11) is 1.55. The first-order valence-electron chi connectivity index (χ1n) is 8.96. The maximum atomic E-state index is 14.0. The van der Waals surface area contributed by atoms with E-state index in [2.05, 4.69) is 15.5 Å². The van der Waals surface area contributed by atoms with Gasteiger partial charge >= 0.3 is 0 Å². The molecule has 0 fully saturated rings. The minimum Gasteiger partial charge on any atom is -0.493 e. The smallest absolute Gasteiger partial charge is 0.226 e. The number of aromatic nitrogens is 2. The number of benzene rings is 2. The fraction of sp³-hybridized carbons (Fsp3) is 0.238. The number of carbonyl (C=O) groups is 1. The molecule has 1 atom stereocenters. The largest absolute Gasteiger partial charge is 0.493 e. The summed E-state index contributed by atoms with van der Waals surface area (Å²) in [6.45, 7) is 1.96. The van der Waals surface area contributed by atoms with Gasteiger partial charge in [-0.05, 0) is 19.1 Å². The molecule has 0 radical (unpaired) electrons. The number of aromatic amines is 1. The summed E-state index contributed by atoms with van der Waals surface area (Å²) in [5.41, 5.74) is 3.05. The molecule has 0 unspecified atom stereocenters. The molecule has 0 aliphatic carbocycles. The van der Waals surface area contributed by atoms with E-state index in [0.29, 0.717) is 22.9 Å². The number of ether oxygens (including phenoxy) is 2. The Hall–Kier alpha value is -3.35. The minimum atomic E-state index is -0.330. The average Bonchev–Trinajstić information content (AvgIpc) is 3.07. The van der Waals surface area contributed by atoms with Crippen LogP contribution >= 0.6 is 0 Å². The molecule has 0 saturated heterocycles. The predicted octanol–water partition coefficient (Wildman–Crippen LogP) is 3.92. The molecule has 2 N–H and O–H groups in total. The van der Waals surface area contributed by atoms with Gasteiger partial charge in [0, 0.05) is 34.7 Å². The molecular weight excluding hydrogens is 361 g/mol. The number of anilines is 1. The average molecular weight is 381 g/mol. The SMILES string of the molecule is COc1cccc([C@@H]2CC(=O)Nc3n[nH]c(C)c32)c1OCc1ccccc1F. The van der Waals surface area contributed by atoms with E-state index < -0.39 is 0 Å². The van der Waals surface area contributed by atoms with Crippen LogP contribution in [-0.4, -0.2) is 23.2 Å². The highest BCUT2D eigenvalue weighted by Gasteiger charge is 2.33. The van der Waals surface area contributed by atoms with E-state index in [4.69, 9.17) is 9.47 Å². The number of methoxy groups -OCH3 is 1. The van der Waals surface area contributed by atoms with Gasteiger partial charge in [0.15, 0.2) is 17.3 Å². The minimum absolute atomic E-state index is 0.0518. The fourth-order valence-corrected chi connectivity index (χ4v) is 3.58. The molecule has 7 heteroatoms. The predicted molar refractivity (Wildman–Crippen MR) is 102 cm³/mol. The highest BCUT2D eigenvalue weighted by molar-refractivity contribution is 5.94. The zero-order chi connectivity index (χ0) is 19.7. The number of carbonyl (C=O) groups excluding carboxylic acids is 1. The Kier molecular flexibility index (Phi) is 4.73. The molecule has 2 heterocycles. The third-order valence-corrected chi connectivity index (χ3v) is 4.92. The van der Waals surface area contributed by atoms with Crippen molar-refractivity contribution in [1.82, 2.24) is 10.2 Å². The van der Waals surface area contributed by atoms with Gasteiger partial charge in [-0.2, -0.15) is 5.10 Å². The first-order valence-corrected chi connectivity index (χ1v) is 8.96. The maximum Gasteiger partial charge on any atom is 0.226 e. The zero-order valence-corrected chi connectivity index (χ0v) is 15.6. The summed E-state index contributed by atoms with van der Waals surface area (Å²) >= 11 is 0. The van der Waals surface area contributed by atoms with Crippen LogP contribution in [0.25, 0.3) is 0 Å². The Balaban J connectivity index is 1.75. The van der Waals surface area contributed by atoms with Gasteiger partial charge in [0.2, 0.25) is 5.91 Å². The Bertz CT molecular complexity index is 1030. The van der Waals surface area contributed by atoms with Crippen molar-refractivity contribution in [2.45, 2.75) is 25.9 Å². The van der Waals surface area contributed by atoms with Crippen molar-refractivity contribution in [3.63, 3.8) is 0 Å². The van der Waals surface area contributed by atoms with E-state index in [-0.39, 0.29) is 30.7 Å². The molecule has 4 rings (SSSR count). The molecule has 1 aromatic heterocycles. The Morgan fingerprint density at radius 1 is 1.21 bits per heavy atom. The molecule has 0 spiro atoms. The third kappa shape index (κ3) is 3.19. The highest BCUT2D eigenvalue weighted by atomic mass is 19.1. The summed E-state index contributed by atoms with van der Waals surface area (Å²) < 4.78 is 25.5. The van der Waals surface area contributed by atoms with E-state index in [0.717, 1.165) is 16.8 Å². The van der Waals surface area contributed by atoms with Gasteiger partial charge in [0.1, 0.15) is 12.4 Å². The number of nitrogens with one attached hydrogen (secondary N) is 2. The van der Waals surface area contributed by atoms with Gasteiger partial charge < -0.3 is 14.8 Å². The Morgan fingerprint density at radius 2 is 2.04 bits per heavy atom. The number of hydrogen-bond donors (Lipinski definition) is 2. The quantitative estimate of drug-likeness (QED) is 0.702. The van der Waals surface area contributed by atoms with Crippen LogP contribution in [0.15, 0.2) is 42.5 Å². The standard InChI is InChI=1S/C21H20FN3O3/c1-12-19-15(10-18(26)23-21(19)25-24-12)14-7-5-9-17(27-2)20(14)28-11-13-6-3-4-8-16(13)22/h3-9,15H,10-11H2,1-2H3,(H2,23,24,25,26)/t15-/m0/s1. The van der Waals surface area contributed by atoms with Crippen molar-refractivity contribution in [3.8, 4) is 11.5 Å². The zero-order valence-electron chi connectivity index (χ0n) is 15.6. The van der Waals surface area contributed by atoms with E-state index in [1.807, 2.05) is 19.1 Å². The van der Waals surface area contributed by atoms with Crippen LogP contribution in [0.5, 0.6) is 11.5 Å². The molecule has 0 saturated carbocycles. The van der Waals surface area contributed by atoms with Crippen LogP contribution in [0, 0.1) is 12.7 Å². The van der Waals surface area contributed by atoms with Crippen LogP contribution in [0.4, 0.5) is 10.2 Å². The lowest BCUT2D eigenvalue weighted by atomic mass is 9.85. The molecule has 3 aromatic rings. The van der Waals surface area contributed by atoms with Crippen molar-refractivity contribution in [3.05, 3.63) is 70.7 Å². The van der Waals surface area contributed by atoms with Crippen LogP contribution in [0.1, 0.15) is 34.7 Å². The van der Waals surface area contributed by atoms with Crippen LogP contribution in [-0.2, 0) is 11.4 Å². The van der Waals surface area contributed by atoms with E-state index in [9.17, 15) is 9.18 Å². The topological polar surface area (TPSA) is 76.2 Å². The third-order valence-electron chi connectivity index (χ3n) is 4.92. The number of halogens is 1. The van der Waals surface area contributed by atoms with Gasteiger partial charge in [-0.15, -0.1) is 0 Å². The summed E-state index contributed by atoms with van der Waals surface area (Å²) in [6, 6.07) is 12.0. The lowest BCUT2D eigenvalue weighted by molar-refractivity contribution is -0.116. The van der Waals surface area contributed by atoms with Gasteiger partial charge in [0.25, 0.3) is 0 Å². The van der Waals surface area contributed by atoms with E-state index in [1.54, 1.807) is 31.4 Å². The molecular formula is C21H20FN3O3.